The van der Waals surface area contributed by atoms with E-state index in [1.165, 1.54) is 0 Å². The highest BCUT2D eigenvalue weighted by atomic mass is 79.9. The van der Waals surface area contributed by atoms with Crippen LogP contribution in [-0.2, 0) is 9.59 Å². The third-order valence-electron chi connectivity index (χ3n) is 7.71. The molecule has 0 bridgehead atoms. The van der Waals surface area contributed by atoms with Crippen molar-refractivity contribution in [2.24, 2.45) is 22.7 Å². The number of allylic oxidation sites excluding steroid dienone is 1. The second kappa shape index (κ2) is 4.77. The minimum absolute atomic E-state index is 0.179. The molecule has 0 amide bonds. The van der Waals surface area contributed by atoms with E-state index in [-0.39, 0.29) is 28.8 Å². The third kappa shape index (κ3) is 1.79. The van der Waals surface area contributed by atoms with Crippen LogP contribution in [0.4, 0.5) is 4.39 Å². The summed E-state index contributed by atoms with van der Waals surface area (Å²) in [6, 6.07) is 0. The Kier molecular flexibility index (Phi) is 3.32. The number of halogens is 2. The third-order valence-corrected chi connectivity index (χ3v) is 9.67. The average Bonchev–Trinajstić information content (AvgIpc) is 2.77. The minimum atomic E-state index is -1.04. The fraction of sp³-hybridized carbons (Fsp3) is 0.789. The van der Waals surface area contributed by atoms with Crippen LogP contribution in [0.5, 0.6) is 0 Å². The molecule has 126 valence electrons. The normalized spacial score (nSPS) is 52.5. The first kappa shape index (κ1) is 16.0. The van der Waals surface area contributed by atoms with Crippen LogP contribution in [0.3, 0.4) is 0 Å². The lowest BCUT2D eigenvalue weighted by molar-refractivity contribution is -0.135. The molecule has 4 aliphatic rings. The van der Waals surface area contributed by atoms with Crippen molar-refractivity contribution < 1.29 is 14.0 Å². The lowest BCUT2D eigenvalue weighted by Crippen LogP contribution is -2.65. The van der Waals surface area contributed by atoms with Gasteiger partial charge in [0.2, 0.25) is 0 Å². The van der Waals surface area contributed by atoms with E-state index in [0.29, 0.717) is 19.3 Å². The number of Topliss-reactive ketones (excluding diaryl/α,β-unsaturated/α-hetero) is 1. The smallest absolute Gasteiger partial charge is 0.155 e. The SMILES string of the molecule is C[C@]12CCC(=O)C=C1CC[C@H]1[C@@H]3CCC(=O)[C@@]3(C)C[C@H](F)C12Br. The molecule has 1 unspecified atom stereocenters. The van der Waals surface area contributed by atoms with Crippen molar-refractivity contribution in [3.8, 4) is 0 Å². The molecule has 0 aromatic rings. The van der Waals surface area contributed by atoms with Gasteiger partial charge in [0.25, 0.3) is 0 Å². The maximum absolute atomic E-state index is 15.6. The molecule has 0 aromatic heterocycles. The maximum Gasteiger partial charge on any atom is 0.155 e. The highest BCUT2D eigenvalue weighted by Crippen LogP contribution is 2.69. The Morgan fingerprint density at radius 1 is 1.13 bits per heavy atom. The summed E-state index contributed by atoms with van der Waals surface area (Å²) in [5.74, 6) is 0.888. The van der Waals surface area contributed by atoms with E-state index >= 15 is 4.39 Å². The monoisotopic (exact) mass is 382 g/mol. The molecule has 0 spiro atoms. The van der Waals surface area contributed by atoms with Gasteiger partial charge in [0.05, 0.1) is 4.32 Å². The van der Waals surface area contributed by atoms with Gasteiger partial charge in [0, 0.05) is 23.7 Å². The van der Waals surface area contributed by atoms with Crippen molar-refractivity contribution in [2.75, 3.05) is 0 Å². The van der Waals surface area contributed by atoms with Crippen LogP contribution >= 0.6 is 15.9 Å². The Balaban J connectivity index is 1.83. The Labute approximate surface area is 145 Å². The fourth-order valence-corrected chi connectivity index (χ4v) is 7.44. The molecule has 0 radical (unpaired) electrons. The summed E-state index contributed by atoms with van der Waals surface area (Å²) in [7, 11) is 0. The highest BCUT2D eigenvalue weighted by molar-refractivity contribution is 9.10. The summed E-state index contributed by atoms with van der Waals surface area (Å²) in [5.41, 5.74) is 0.331. The number of hydrogen-bond acceptors (Lipinski definition) is 2. The number of fused-ring (bicyclic) bond motifs is 5. The number of hydrogen-bond donors (Lipinski definition) is 0. The van der Waals surface area contributed by atoms with Gasteiger partial charge in [-0.1, -0.05) is 35.4 Å². The molecular formula is C19H24BrFO2. The van der Waals surface area contributed by atoms with E-state index in [2.05, 4.69) is 22.9 Å². The molecule has 4 aliphatic carbocycles. The van der Waals surface area contributed by atoms with Gasteiger partial charge < -0.3 is 0 Å². The molecule has 6 atom stereocenters. The van der Waals surface area contributed by atoms with Crippen molar-refractivity contribution >= 4 is 27.5 Å². The quantitative estimate of drug-likeness (QED) is 0.575. The zero-order chi connectivity index (χ0) is 16.6. The largest absolute Gasteiger partial charge is 0.299 e. The van der Waals surface area contributed by atoms with E-state index in [1.54, 1.807) is 6.08 Å². The predicted octanol–water partition coefficient (Wildman–Crippen LogP) is 4.55. The van der Waals surface area contributed by atoms with Crippen molar-refractivity contribution in [3.63, 3.8) is 0 Å². The molecule has 4 rings (SSSR count). The molecule has 0 aromatic carbocycles. The standard InChI is InChI=1S/C19H24BrFO2/c1-17-10-15(21)19(20)14(13(17)5-6-16(17)23)4-3-11-9-12(22)7-8-18(11,19)2/h9,13-15H,3-8,10H2,1-2H3/t13-,14-,15-,17-,18-,19?/m0/s1. The van der Waals surface area contributed by atoms with Crippen LogP contribution < -0.4 is 0 Å². The number of ketones is 2. The van der Waals surface area contributed by atoms with Crippen LogP contribution in [0.2, 0.25) is 0 Å². The van der Waals surface area contributed by atoms with Gasteiger partial charge in [-0.15, -0.1) is 0 Å². The number of carbonyl (C=O) groups excluding carboxylic acids is 2. The Morgan fingerprint density at radius 2 is 1.83 bits per heavy atom. The molecule has 0 saturated heterocycles. The van der Waals surface area contributed by atoms with Gasteiger partial charge in [-0.3, -0.25) is 9.59 Å². The molecule has 23 heavy (non-hydrogen) atoms. The van der Waals surface area contributed by atoms with Gasteiger partial charge in [0.15, 0.2) is 5.78 Å². The topological polar surface area (TPSA) is 34.1 Å². The van der Waals surface area contributed by atoms with E-state index in [9.17, 15) is 9.59 Å². The average molecular weight is 383 g/mol. The van der Waals surface area contributed by atoms with E-state index < -0.39 is 15.9 Å². The van der Waals surface area contributed by atoms with Gasteiger partial charge in [0.1, 0.15) is 12.0 Å². The molecule has 3 fully saturated rings. The molecule has 4 heteroatoms. The Bertz CT molecular complexity index is 629. The number of rotatable bonds is 0. The first-order valence-electron chi connectivity index (χ1n) is 8.83. The van der Waals surface area contributed by atoms with Crippen molar-refractivity contribution in [1.29, 1.82) is 0 Å². The summed E-state index contributed by atoms with van der Waals surface area (Å²) in [4.78, 5) is 24.3. The predicted molar refractivity (Wildman–Crippen MR) is 90.2 cm³/mol. The second-order valence-corrected chi connectivity index (χ2v) is 9.85. The summed E-state index contributed by atoms with van der Waals surface area (Å²) in [5, 5.41) is 0. The van der Waals surface area contributed by atoms with E-state index in [0.717, 1.165) is 31.3 Å². The Morgan fingerprint density at radius 3 is 2.57 bits per heavy atom. The van der Waals surface area contributed by atoms with Crippen LogP contribution in [0.15, 0.2) is 11.6 Å². The molecule has 0 aliphatic heterocycles. The van der Waals surface area contributed by atoms with Crippen LogP contribution in [0.1, 0.15) is 58.8 Å². The molecular weight excluding hydrogens is 359 g/mol. The minimum Gasteiger partial charge on any atom is -0.299 e. The van der Waals surface area contributed by atoms with Gasteiger partial charge in [-0.25, -0.2) is 4.39 Å². The fourth-order valence-electron chi connectivity index (χ4n) is 6.28. The molecule has 2 nitrogen and oxygen atoms in total. The molecule has 0 N–H and O–H groups in total. The van der Waals surface area contributed by atoms with Crippen LogP contribution in [0, 0.1) is 22.7 Å². The summed E-state index contributed by atoms with van der Waals surface area (Å²) >= 11 is 3.90. The van der Waals surface area contributed by atoms with Crippen LogP contribution in [-0.4, -0.2) is 22.1 Å². The van der Waals surface area contributed by atoms with Gasteiger partial charge in [-0.2, -0.15) is 0 Å². The lowest BCUT2D eigenvalue weighted by atomic mass is 9.46. The van der Waals surface area contributed by atoms with Crippen LogP contribution in [0.25, 0.3) is 0 Å². The van der Waals surface area contributed by atoms with E-state index in [1.807, 2.05) is 6.92 Å². The van der Waals surface area contributed by atoms with Crippen molar-refractivity contribution in [1.82, 2.24) is 0 Å². The highest BCUT2D eigenvalue weighted by Gasteiger charge is 2.69. The first-order chi connectivity index (χ1) is 10.7. The molecule has 0 heterocycles. The molecule has 3 saturated carbocycles. The van der Waals surface area contributed by atoms with Crippen molar-refractivity contribution in [2.45, 2.75) is 69.3 Å². The summed E-state index contributed by atoms with van der Waals surface area (Å²) in [6.07, 6.45) is 5.54. The first-order valence-corrected chi connectivity index (χ1v) is 9.63. The Hall–Kier alpha value is -0.510. The van der Waals surface area contributed by atoms with Crippen molar-refractivity contribution in [3.05, 3.63) is 11.6 Å². The van der Waals surface area contributed by atoms with E-state index in [4.69, 9.17) is 0 Å². The zero-order valence-electron chi connectivity index (χ0n) is 13.8. The summed E-state index contributed by atoms with van der Waals surface area (Å²) in [6.45, 7) is 4.13. The maximum atomic E-state index is 15.6. The zero-order valence-corrected chi connectivity index (χ0v) is 15.4. The summed E-state index contributed by atoms with van der Waals surface area (Å²) < 4.78 is 14.9. The van der Waals surface area contributed by atoms with Gasteiger partial charge >= 0.3 is 0 Å². The second-order valence-electron chi connectivity index (χ2n) is 8.54. The number of alkyl halides is 2. The lowest BCUT2D eigenvalue weighted by Gasteiger charge is -2.63. The van der Waals surface area contributed by atoms with Gasteiger partial charge in [-0.05, 0) is 50.0 Å². The number of carbonyl (C=O) groups is 2.